The second kappa shape index (κ2) is 11.5. The molecule has 0 aromatic heterocycles. The lowest BCUT2D eigenvalue weighted by Gasteiger charge is -2.41. The van der Waals surface area contributed by atoms with Gasteiger partial charge in [-0.15, -0.1) is 24.9 Å². The Morgan fingerprint density at radius 1 is 1.26 bits per heavy atom. The van der Waals surface area contributed by atoms with Crippen LogP contribution in [-0.2, 0) is 19.1 Å². The van der Waals surface area contributed by atoms with E-state index in [0.717, 1.165) is 25.7 Å². The van der Waals surface area contributed by atoms with Crippen molar-refractivity contribution in [2.45, 2.75) is 87.9 Å². The second-order valence-electron chi connectivity index (χ2n) is 10.6. The molecule has 3 saturated heterocycles. The molecular formula is C27H42N2O5S. The lowest BCUT2D eigenvalue weighted by Crippen LogP contribution is -2.59. The van der Waals surface area contributed by atoms with Crippen molar-refractivity contribution in [1.29, 1.82) is 0 Å². The highest BCUT2D eigenvalue weighted by Gasteiger charge is 2.75. The summed E-state index contributed by atoms with van der Waals surface area (Å²) < 4.78 is 4.97. The zero-order valence-electron chi connectivity index (χ0n) is 21.7. The fraction of sp³-hybridized carbons (Fsp3) is 0.741. The lowest BCUT2D eigenvalue weighted by atomic mass is 9.71. The van der Waals surface area contributed by atoms with Gasteiger partial charge in [0.25, 0.3) is 0 Å². The highest BCUT2D eigenvalue weighted by atomic mass is 32.2. The number of unbranched alkanes of at least 4 members (excludes halogenated alkanes) is 2. The van der Waals surface area contributed by atoms with Gasteiger partial charge in [-0.05, 0) is 51.9 Å². The molecule has 196 valence electrons. The van der Waals surface area contributed by atoms with E-state index in [9.17, 15) is 19.5 Å². The third kappa shape index (κ3) is 4.93. The van der Waals surface area contributed by atoms with Crippen LogP contribution in [0.25, 0.3) is 0 Å². The first-order valence-electron chi connectivity index (χ1n) is 13.0. The smallest absolute Gasteiger partial charge is 0.310 e. The molecule has 2 unspecified atom stereocenters. The minimum absolute atomic E-state index is 0.0272. The number of allylic oxidation sites excluding steroid dienone is 1. The molecule has 7 nitrogen and oxygen atoms in total. The largest absolute Gasteiger partial charge is 0.465 e. The number of rotatable bonds is 13. The maximum atomic E-state index is 14.1. The van der Waals surface area contributed by atoms with Crippen molar-refractivity contribution in [3.8, 4) is 0 Å². The molecule has 0 radical (unpaired) electrons. The number of carbonyl (C=O) groups is 3. The maximum Gasteiger partial charge on any atom is 0.310 e. The summed E-state index contributed by atoms with van der Waals surface area (Å²) in [6.07, 6.45) is 7.55. The third-order valence-electron chi connectivity index (χ3n) is 7.84. The van der Waals surface area contributed by atoms with E-state index in [1.165, 1.54) is 0 Å². The number of aliphatic hydroxyl groups is 1. The number of likely N-dealkylation sites (tertiary alicyclic amines) is 1. The minimum Gasteiger partial charge on any atom is -0.465 e. The van der Waals surface area contributed by atoms with Crippen LogP contribution in [0, 0.1) is 17.8 Å². The fourth-order valence-corrected chi connectivity index (χ4v) is 8.31. The van der Waals surface area contributed by atoms with Crippen molar-refractivity contribution in [3.63, 3.8) is 0 Å². The first-order chi connectivity index (χ1) is 16.7. The summed E-state index contributed by atoms with van der Waals surface area (Å²) in [6.45, 7) is 15.8. The van der Waals surface area contributed by atoms with Gasteiger partial charge in [0.15, 0.2) is 0 Å². The Balaban J connectivity index is 1.97. The molecule has 8 heteroatoms. The summed E-state index contributed by atoms with van der Waals surface area (Å²) in [5.41, 5.74) is 0. The highest BCUT2D eigenvalue weighted by molar-refractivity contribution is 8.02. The highest BCUT2D eigenvalue weighted by Crippen LogP contribution is 2.67. The predicted octanol–water partition coefficient (Wildman–Crippen LogP) is 3.42. The molecule has 3 aliphatic heterocycles. The van der Waals surface area contributed by atoms with Crippen LogP contribution >= 0.6 is 11.8 Å². The van der Waals surface area contributed by atoms with Crippen molar-refractivity contribution in [2.75, 3.05) is 19.8 Å². The molecule has 3 heterocycles. The minimum atomic E-state index is -0.720. The number of esters is 1. The quantitative estimate of drug-likeness (QED) is 0.234. The molecule has 3 rings (SSSR count). The van der Waals surface area contributed by atoms with E-state index >= 15 is 0 Å². The van der Waals surface area contributed by atoms with Gasteiger partial charge in [0.05, 0.1) is 35.8 Å². The summed E-state index contributed by atoms with van der Waals surface area (Å²) in [6, 6.07) is -1.29. The molecule has 0 aromatic rings. The van der Waals surface area contributed by atoms with Crippen LogP contribution in [0.2, 0.25) is 0 Å². The van der Waals surface area contributed by atoms with Crippen LogP contribution in [0.1, 0.15) is 59.8 Å². The number of thioether (sulfide) groups is 1. The Kier molecular flexibility index (Phi) is 9.13. The third-order valence-corrected chi connectivity index (χ3v) is 9.79. The normalized spacial score (nSPS) is 30.0. The van der Waals surface area contributed by atoms with Crippen LogP contribution in [0.15, 0.2) is 25.3 Å². The van der Waals surface area contributed by atoms with Crippen LogP contribution in [-0.4, -0.2) is 80.6 Å². The number of fused-ring (bicyclic) bond motifs is 1. The van der Waals surface area contributed by atoms with Crippen molar-refractivity contribution in [2.24, 2.45) is 17.8 Å². The van der Waals surface area contributed by atoms with E-state index in [2.05, 4.69) is 13.2 Å². The zero-order chi connectivity index (χ0) is 25.9. The molecule has 6 atom stereocenters. The van der Waals surface area contributed by atoms with Gasteiger partial charge in [0.2, 0.25) is 11.8 Å². The monoisotopic (exact) mass is 506 g/mol. The summed E-state index contributed by atoms with van der Waals surface area (Å²) in [7, 11) is 0. The predicted molar refractivity (Wildman–Crippen MR) is 139 cm³/mol. The van der Waals surface area contributed by atoms with Crippen molar-refractivity contribution in [3.05, 3.63) is 25.3 Å². The van der Waals surface area contributed by atoms with Crippen molar-refractivity contribution in [1.82, 2.24) is 9.80 Å². The number of nitrogens with zero attached hydrogens (tertiary/aromatic N) is 2. The summed E-state index contributed by atoms with van der Waals surface area (Å²) in [4.78, 5) is 44.8. The van der Waals surface area contributed by atoms with Crippen LogP contribution in [0.4, 0.5) is 0 Å². The fourth-order valence-electron chi connectivity index (χ4n) is 6.13. The summed E-state index contributed by atoms with van der Waals surface area (Å²) >= 11 is 1.63. The van der Waals surface area contributed by atoms with Gasteiger partial charge in [-0.25, -0.2) is 0 Å². The summed E-state index contributed by atoms with van der Waals surface area (Å²) in [5.74, 6) is -1.85. The van der Waals surface area contributed by atoms with Gasteiger partial charge in [0, 0.05) is 17.8 Å². The van der Waals surface area contributed by atoms with Crippen LogP contribution in [0.5, 0.6) is 0 Å². The number of amides is 2. The Morgan fingerprint density at radius 3 is 2.54 bits per heavy atom. The number of carbonyl (C=O) groups excluding carboxylic acids is 3. The van der Waals surface area contributed by atoms with Gasteiger partial charge in [0.1, 0.15) is 6.04 Å². The average Bonchev–Trinajstić information content (AvgIpc) is 3.45. The van der Waals surface area contributed by atoms with E-state index < -0.39 is 28.7 Å². The van der Waals surface area contributed by atoms with Gasteiger partial charge in [-0.2, -0.15) is 0 Å². The zero-order valence-corrected chi connectivity index (χ0v) is 22.5. The molecule has 0 aromatic carbocycles. The van der Waals surface area contributed by atoms with Crippen molar-refractivity contribution < 1.29 is 24.2 Å². The molecule has 1 spiro atoms. The number of hydrogen-bond acceptors (Lipinski definition) is 6. The standard InChI is InChI=1S/C27H42N2O5S/c1-7-9-10-11-15-34-26(33)21-20-12-13-27(35-20)22(21)24(31)29(19(16-30)17(3)4)23(27)25(32)28(14-8-2)18(5)6/h7-8,17-23,30H,1-2,9-16H2,3-6H3/t19-,20+,21-,22-,23?,27?/m0/s1. The Bertz CT molecular complexity index is 830. The molecule has 1 N–H and O–H groups in total. The van der Waals surface area contributed by atoms with E-state index in [0.29, 0.717) is 19.6 Å². The van der Waals surface area contributed by atoms with E-state index in [1.54, 1.807) is 27.6 Å². The molecule has 3 fully saturated rings. The van der Waals surface area contributed by atoms with Gasteiger partial charge >= 0.3 is 5.97 Å². The van der Waals surface area contributed by atoms with Gasteiger partial charge in [-0.3, -0.25) is 14.4 Å². The average molecular weight is 507 g/mol. The topological polar surface area (TPSA) is 87.1 Å². The molecule has 3 aliphatic rings. The summed E-state index contributed by atoms with van der Waals surface area (Å²) in [5, 5.41) is 10.3. The number of aliphatic hydroxyl groups excluding tert-OH is 1. The Labute approximate surface area is 214 Å². The van der Waals surface area contributed by atoms with Gasteiger partial charge < -0.3 is 19.6 Å². The Morgan fingerprint density at radius 2 is 1.97 bits per heavy atom. The van der Waals surface area contributed by atoms with Crippen molar-refractivity contribution >= 4 is 29.5 Å². The maximum absolute atomic E-state index is 14.1. The van der Waals surface area contributed by atoms with Crippen LogP contribution < -0.4 is 0 Å². The Hall–Kier alpha value is -1.80. The molecule has 0 saturated carbocycles. The first-order valence-corrected chi connectivity index (χ1v) is 13.8. The molecule has 2 amide bonds. The number of ether oxygens (including phenoxy) is 1. The van der Waals surface area contributed by atoms with Crippen LogP contribution in [0.3, 0.4) is 0 Å². The number of hydrogen-bond donors (Lipinski definition) is 1. The van der Waals surface area contributed by atoms with Gasteiger partial charge in [-0.1, -0.05) is 26.0 Å². The molecule has 2 bridgehead atoms. The molecular weight excluding hydrogens is 464 g/mol. The van der Waals surface area contributed by atoms with E-state index in [4.69, 9.17) is 4.74 Å². The molecule has 0 aliphatic carbocycles. The molecule has 35 heavy (non-hydrogen) atoms. The van der Waals surface area contributed by atoms with E-state index in [-0.39, 0.29) is 41.6 Å². The first kappa shape index (κ1) is 27.8. The SMILES string of the molecule is C=CCCCCOC(=O)[C@@H]1[C@H]2C(=O)N([C@@H](CO)C(C)C)C(C(=O)N(CC=C)C(C)C)C23CC[C@H]1S3. The second-order valence-corrected chi connectivity index (χ2v) is 12.2. The lowest BCUT2D eigenvalue weighted by molar-refractivity contribution is -0.155. The van der Waals surface area contributed by atoms with E-state index in [1.807, 2.05) is 33.8 Å².